The van der Waals surface area contributed by atoms with Crippen LogP contribution >= 0.6 is 15.9 Å². The lowest BCUT2D eigenvalue weighted by Gasteiger charge is -2.25. The van der Waals surface area contributed by atoms with Gasteiger partial charge in [0.2, 0.25) is 5.91 Å². The van der Waals surface area contributed by atoms with Gasteiger partial charge < -0.3 is 24.8 Å². The predicted octanol–water partition coefficient (Wildman–Crippen LogP) is 3.56. The number of imidazole rings is 1. The molecule has 0 aliphatic carbocycles. The topological polar surface area (TPSA) is 99.4 Å². The fraction of sp³-hybridized carbons (Fsp3) is 0.364. The Morgan fingerprint density at radius 3 is 2.71 bits per heavy atom. The van der Waals surface area contributed by atoms with Crippen LogP contribution in [0, 0.1) is 0 Å². The molecule has 162 valence electrons. The number of benzene rings is 2. The number of ether oxygens (including phenoxy) is 2. The molecule has 2 aliphatic rings. The molecule has 2 aromatic carbocycles. The number of aromatic amines is 2. The molecule has 3 aromatic rings. The summed E-state index contributed by atoms with van der Waals surface area (Å²) in [7, 11) is 0. The average molecular weight is 487 g/mol. The van der Waals surface area contributed by atoms with Gasteiger partial charge in [0.1, 0.15) is 0 Å². The quantitative estimate of drug-likeness (QED) is 0.523. The number of nitrogens with zero attached hydrogens (tertiary/aromatic N) is 1. The van der Waals surface area contributed by atoms with Crippen LogP contribution in [0.25, 0.3) is 11.0 Å². The zero-order chi connectivity index (χ0) is 21.4. The number of aromatic nitrogens is 2. The lowest BCUT2D eigenvalue weighted by atomic mass is 10.0. The van der Waals surface area contributed by atoms with Gasteiger partial charge in [0.25, 0.3) is 0 Å². The van der Waals surface area contributed by atoms with Gasteiger partial charge in [-0.25, -0.2) is 4.79 Å². The minimum Gasteiger partial charge on any atom is -0.490 e. The average Bonchev–Trinajstić information content (AvgIpc) is 3.25. The summed E-state index contributed by atoms with van der Waals surface area (Å²) < 4.78 is 12.3. The highest BCUT2D eigenvalue weighted by Crippen LogP contribution is 2.38. The van der Waals surface area contributed by atoms with E-state index in [-0.39, 0.29) is 24.2 Å². The van der Waals surface area contributed by atoms with Gasteiger partial charge in [-0.2, -0.15) is 0 Å². The number of hydrogen-bond acceptors (Lipinski definition) is 5. The molecular weight excluding hydrogens is 464 g/mol. The van der Waals surface area contributed by atoms with E-state index < -0.39 is 0 Å². The molecule has 1 amide bonds. The van der Waals surface area contributed by atoms with Gasteiger partial charge in [0.15, 0.2) is 11.5 Å². The number of carbonyl (C=O) groups excluding carboxylic acids is 1. The highest BCUT2D eigenvalue weighted by atomic mass is 79.9. The Bertz CT molecular complexity index is 1190. The van der Waals surface area contributed by atoms with Crippen molar-refractivity contribution in [3.05, 3.63) is 50.9 Å². The van der Waals surface area contributed by atoms with Gasteiger partial charge >= 0.3 is 5.69 Å². The van der Waals surface area contributed by atoms with Crippen molar-refractivity contribution in [2.24, 2.45) is 0 Å². The van der Waals surface area contributed by atoms with Crippen LogP contribution in [0.3, 0.4) is 0 Å². The van der Waals surface area contributed by atoms with Gasteiger partial charge in [-0.05, 0) is 65.1 Å². The van der Waals surface area contributed by atoms with Crippen molar-refractivity contribution in [2.75, 3.05) is 31.6 Å². The molecule has 1 aromatic heterocycles. The largest absolute Gasteiger partial charge is 0.490 e. The van der Waals surface area contributed by atoms with Crippen LogP contribution in [-0.4, -0.2) is 47.1 Å². The molecule has 5 rings (SSSR count). The summed E-state index contributed by atoms with van der Waals surface area (Å²) in [6.45, 7) is 2.46. The maximum atomic E-state index is 12.8. The molecule has 9 heteroatoms. The molecule has 2 aliphatic heterocycles. The molecule has 0 spiro atoms. The van der Waals surface area contributed by atoms with Crippen LogP contribution in [0.2, 0.25) is 0 Å². The molecule has 3 heterocycles. The number of carbonyl (C=O) groups is 1. The van der Waals surface area contributed by atoms with E-state index >= 15 is 0 Å². The third-order valence-corrected chi connectivity index (χ3v) is 6.40. The Morgan fingerprint density at radius 2 is 1.87 bits per heavy atom. The van der Waals surface area contributed by atoms with Crippen LogP contribution < -0.4 is 20.5 Å². The number of nitrogens with one attached hydrogen (secondary N) is 3. The van der Waals surface area contributed by atoms with Gasteiger partial charge in [0.05, 0.1) is 36.5 Å². The molecule has 0 unspecified atom stereocenters. The second-order valence-corrected chi connectivity index (χ2v) is 8.74. The van der Waals surface area contributed by atoms with E-state index in [9.17, 15) is 9.59 Å². The maximum Gasteiger partial charge on any atom is 0.323 e. The summed E-state index contributed by atoms with van der Waals surface area (Å²) in [5.74, 6) is 1.47. The number of rotatable bonds is 4. The van der Waals surface area contributed by atoms with Crippen molar-refractivity contribution in [2.45, 2.75) is 25.3 Å². The van der Waals surface area contributed by atoms with Crippen LogP contribution in [0.1, 0.15) is 30.9 Å². The first kappa shape index (κ1) is 20.1. The summed E-state index contributed by atoms with van der Waals surface area (Å²) in [6, 6.07) is 9.78. The minimum atomic E-state index is -0.277. The Labute approximate surface area is 187 Å². The number of H-pyrrole nitrogens is 2. The zero-order valence-corrected chi connectivity index (χ0v) is 18.5. The Balaban J connectivity index is 1.30. The van der Waals surface area contributed by atoms with E-state index in [4.69, 9.17) is 9.47 Å². The smallest absolute Gasteiger partial charge is 0.323 e. The summed E-state index contributed by atoms with van der Waals surface area (Å²) in [5, 5.41) is 2.96. The number of hydrogen-bond donors (Lipinski definition) is 3. The fourth-order valence-electron chi connectivity index (χ4n) is 4.31. The highest BCUT2D eigenvalue weighted by Gasteiger charge is 2.29. The lowest BCUT2D eigenvalue weighted by molar-refractivity contribution is -0.117. The number of fused-ring (bicyclic) bond motifs is 2. The first-order valence-corrected chi connectivity index (χ1v) is 11.2. The lowest BCUT2D eigenvalue weighted by Crippen LogP contribution is -2.33. The third kappa shape index (κ3) is 4.20. The molecule has 3 N–H and O–H groups in total. The molecule has 1 fully saturated rings. The maximum absolute atomic E-state index is 12.8. The Kier molecular flexibility index (Phi) is 5.45. The van der Waals surface area contributed by atoms with Gasteiger partial charge in [0, 0.05) is 16.9 Å². The Morgan fingerprint density at radius 1 is 1.10 bits per heavy atom. The molecule has 1 atom stereocenters. The number of amides is 1. The minimum absolute atomic E-state index is 0.0980. The first-order chi connectivity index (χ1) is 15.1. The monoisotopic (exact) mass is 486 g/mol. The zero-order valence-electron chi connectivity index (χ0n) is 16.9. The van der Waals surface area contributed by atoms with Crippen LogP contribution in [0.15, 0.2) is 39.6 Å². The van der Waals surface area contributed by atoms with E-state index in [2.05, 4.69) is 42.2 Å². The van der Waals surface area contributed by atoms with Crippen molar-refractivity contribution in [1.82, 2.24) is 14.9 Å². The van der Waals surface area contributed by atoms with Gasteiger partial charge in [-0.3, -0.25) is 9.69 Å². The normalized spacial score (nSPS) is 18.8. The number of halogens is 1. The molecule has 8 nitrogen and oxygen atoms in total. The van der Waals surface area contributed by atoms with E-state index in [0.717, 1.165) is 42.9 Å². The van der Waals surface area contributed by atoms with Gasteiger partial charge in [-0.1, -0.05) is 6.07 Å². The second kappa shape index (κ2) is 8.39. The summed E-state index contributed by atoms with van der Waals surface area (Å²) in [5.41, 5.74) is 2.82. The summed E-state index contributed by atoms with van der Waals surface area (Å²) >= 11 is 3.47. The molecule has 1 saturated heterocycles. The first-order valence-electron chi connectivity index (χ1n) is 10.4. The van der Waals surface area contributed by atoms with Crippen molar-refractivity contribution in [1.29, 1.82) is 0 Å². The molecule has 31 heavy (non-hydrogen) atoms. The number of likely N-dealkylation sites (tertiary alicyclic amines) is 1. The van der Waals surface area contributed by atoms with Crippen LogP contribution in [-0.2, 0) is 4.79 Å². The summed E-state index contributed by atoms with van der Waals surface area (Å²) in [4.78, 5) is 31.9. The van der Waals surface area contributed by atoms with E-state index in [1.807, 2.05) is 12.1 Å². The van der Waals surface area contributed by atoms with Crippen molar-refractivity contribution >= 4 is 38.6 Å². The van der Waals surface area contributed by atoms with Crippen LogP contribution in [0.5, 0.6) is 11.5 Å². The predicted molar refractivity (Wildman–Crippen MR) is 121 cm³/mol. The van der Waals surface area contributed by atoms with Crippen molar-refractivity contribution in [3.8, 4) is 11.5 Å². The van der Waals surface area contributed by atoms with Crippen molar-refractivity contribution < 1.29 is 14.3 Å². The Hall–Kier alpha value is -2.78. The highest BCUT2D eigenvalue weighted by molar-refractivity contribution is 9.10. The summed E-state index contributed by atoms with van der Waals surface area (Å²) in [6.07, 6.45) is 2.90. The second-order valence-electron chi connectivity index (χ2n) is 7.89. The fourth-order valence-corrected chi connectivity index (χ4v) is 4.75. The van der Waals surface area contributed by atoms with Crippen LogP contribution in [0.4, 0.5) is 5.69 Å². The molecule has 0 radical (unpaired) electrons. The third-order valence-electron chi connectivity index (χ3n) is 5.74. The SMILES string of the molecule is O=C(CN1CCC[C@H]1c1ccc2c(c1)OCCCO2)Nc1cc2[nH]c(=O)[nH]c2cc1Br. The standard InChI is InChI=1S/C22H23BrN4O4/c23-14-10-16-17(26-22(29)25-16)11-15(14)24-21(28)12-27-6-1-3-18(27)13-4-5-19-20(9-13)31-8-2-7-30-19/h4-5,9-11,18H,1-3,6-8,12H2,(H,24,28)(H2,25,26,29)/t18-/m0/s1. The molecule has 0 bridgehead atoms. The molecular formula is C22H23BrN4O4. The van der Waals surface area contributed by atoms with Gasteiger partial charge in [-0.15, -0.1) is 0 Å². The number of anilines is 1. The van der Waals surface area contributed by atoms with E-state index in [0.29, 0.717) is 34.4 Å². The molecule has 0 saturated carbocycles. The van der Waals surface area contributed by atoms with E-state index in [1.165, 1.54) is 0 Å². The van der Waals surface area contributed by atoms with Crippen molar-refractivity contribution in [3.63, 3.8) is 0 Å². The van der Waals surface area contributed by atoms with E-state index in [1.54, 1.807) is 12.1 Å².